The molecule has 0 aromatic heterocycles. The minimum Gasteiger partial charge on any atom is -0.453 e. The maximum absolute atomic E-state index is 12.8. The summed E-state index contributed by atoms with van der Waals surface area (Å²) in [6, 6.07) is -0.901. The molecule has 124 valence electrons. The summed E-state index contributed by atoms with van der Waals surface area (Å²) in [5.41, 5.74) is 0. The number of alkyl carbamates (subject to hydrolysis) is 1. The van der Waals surface area contributed by atoms with Crippen LogP contribution < -0.4 is 10.6 Å². The average molecular weight is 311 g/mol. The molecule has 2 aliphatic rings. The summed E-state index contributed by atoms with van der Waals surface area (Å²) >= 11 is 0. The van der Waals surface area contributed by atoms with Crippen molar-refractivity contribution in [3.05, 3.63) is 0 Å². The Bertz CT molecular complexity index is 452. The van der Waals surface area contributed by atoms with Crippen molar-refractivity contribution in [2.45, 2.75) is 70.1 Å². The van der Waals surface area contributed by atoms with Crippen LogP contribution in [0.5, 0.6) is 0 Å². The average Bonchev–Trinajstić information content (AvgIpc) is 2.82. The predicted molar refractivity (Wildman–Crippen MR) is 80.1 cm³/mol. The van der Waals surface area contributed by atoms with Gasteiger partial charge in [-0.1, -0.05) is 0 Å². The van der Waals surface area contributed by atoms with Gasteiger partial charge in [-0.3, -0.25) is 9.59 Å². The minimum absolute atomic E-state index is 0.0395. The fourth-order valence-electron chi connectivity index (χ4n) is 3.33. The molecule has 2 fully saturated rings. The molecule has 0 aromatic rings. The number of ether oxygens (including phenoxy) is 1. The summed E-state index contributed by atoms with van der Waals surface area (Å²) in [5, 5.41) is 5.47. The zero-order chi connectivity index (χ0) is 16.3. The lowest BCUT2D eigenvalue weighted by atomic mass is 10.1. The summed E-state index contributed by atoms with van der Waals surface area (Å²) in [4.78, 5) is 38.2. The minimum atomic E-state index is -0.612. The molecule has 3 atom stereocenters. The number of carbonyl (C=O) groups excluding carboxylic acids is 3. The van der Waals surface area contributed by atoms with Crippen LogP contribution in [0.2, 0.25) is 0 Å². The number of amides is 3. The molecule has 2 saturated heterocycles. The number of methoxy groups -OCH3 is 1. The number of nitrogens with one attached hydrogen (secondary N) is 2. The van der Waals surface area contributed by atoms with Gasteiger partial charge in [0.1, 0.15) is 12.1 Å². The first-order valence-corrected chi connectivity index (χ1v) is 7.91. The standard InChI is InChI=1S/C15H25N3O4/c1-9(2)16-13(19)12-8-7-10-5-4-6-11(14(20)18(10)12)17-15(21)22-3/h9-12H,4-8H2,1-3H3,(H,16,19)(H,17,21). The van der Waals surface area contributed by atoms with Gasteiger partial charge in [-0.15, -0.1) is 0 Å². The summed E-state index contributed by atoms with van der Waals surface area (Å²) in [6.45, 7) is 3.80. The van der Waals surface area contributed by atoms with Crippen molar-refractivity contribution >= 4 is 17.9 Å². The Morgan fingerprint density at radius 2 is 1.95 bits per heavy atom. The second-order valence-corrected chi connectivity index (χ2v) is 6.28. The Morgan fingerprint density at radius 1 is 1.23 bits per heavy atom. The molecule has 7 nitrogen and oxygen atoms in total. The van der Waals surface area contributed by atoms with Gasteiger partial charge >= 0.3 is 6.09 Å². The molecule has 0 aromatic carbocycles. The van der Waals surface area contributed by atoms with Crippen LogP contribution in [0.25, 0.3) is 0 Å². The van der Waals surface area contributed by atoms with Crippen LogP contribution in [0.3, 0.4) is 0 Å². The molecule has 3 amide bonds. The molecule has 0 aliphatic carbocycles. The molecule has 2 aliphatic heterocycles. The molecule has 0 saturated carbocycles. The van der Waals surface area contributed by atoms with E-state index < -0.39 is 18.2 Å². The van der Waals surface area contributed by atoms with Gasteiger partial charge in [0.05, 0.1) is 7.11 Å². The fraction of sp³-hybridized carbons (Fsp3) is 0.800. The molecule has 2 N–H and O–H groups in total. The van der Waals surface area contributed by atoms with E-state index in [1.54, 1.807) is 4.90 Å². The second-order valence-electron chi connectivity index (χ2n) is 6.28. The van der Waals surface area contributed by atoms with E-state index in [-0.39, 0.29) is 23.9 Å². The molecule has 3 unspecified atom stereocenters. The van der Waals surface area contributed by atoms with E-state index in [2.05, 4.69) is 15.4 Å². The molecule has 0 bridgehead atoms. The number of hydrogen-bond donors (Lipinski definition) is 2. The summed E-state index contributed by atoms with van der Waals surface area (Å²) in [7, 11) is 1.27. The highest BCUT2D eigenvalue weighted by atomic mass is 16.5. The lowest BCUT2D eigenvalue weighted by Crippen LogP contribution is -2.55. The topological polar surface area (TPSA) is 87.7 Å². The third-order valence-electron chi connectivity index (χ3n) is 4.30. The van der Waals surface area contributed by atoms with Crippen molar-refractivity contribution in [1.29, 1.82) is 0 Å². The molecule has 22 heavy (non-hydrogen) atoms. The number of carbonyl (C=O) groups is 3. The number of hydrogen-bond acceptors (Lipinski definition) is 4. The number of fused-ring (bicyclic) bond motifs is 1. The van der Waals surface area contributed by atoms with E-state index in [4.69, 9.17) is 0 Å². The monoisotopic (exact) mass is 311 g/mol. The van der Waals surface area contributed by atoms with E-state index in [1.807, 2.05) is 13.8 Å². The largest absolute Gasteiger partial charge is 0.453 e. The van der Waals surface area contributed by atoms with Crippen molar-refractivity contribution in [3.63, 3.8) is 0 Å². The van der Waals surface area contributed by atoms with Crippen molar-refractivity contribution < 1.29 is 19.1 Å². The van der Waals surface area contributed by atoms with Gasteiger partial charge in [0.2, 0.25) is 11.8 Å². The molecular weight excluding hydrogens is 286 g/mol. The lowest BCUT2D eigenvalue weighted by molar-refractivity contribution is -0.141. The SMILES string of the molecule is COC(=O)NC1CCCC2CCC(C(=O)NC(C)C)N2C1=O. The van der Waals surface area contributed by atoms with Gasteiger partial charge in [0.25, 0.3) is 0 Å². The zero-order valence-electron chi connectivity index (χ0n) is 13.4. The first kappa shape index (κ1) is 16.6. The Balaban J connectivity index is 2.13. The third kappa shape index (κ3) is 3.51. The van der Waals surface area contributed by atoms with Crippen molar-refractivity contribution in [1.82, 2.24) is 15.5 Å². The molecule has 0 spiro atoms. The van der Waals surface area contributed by atoms with Gasteiger partial charge < -0.3 is 20.3 Å². The lowest BCUT2D eigenvalue weighted by Gasteiger charge is -2.30. The van der Waals surface area contributed by atoms with Crippen molar-refractivity contribution in [3.8, 4) is 0 Å². The van der Waals surface area contributed by atoms with Gasteiger partial charge in [0.15, 0.2) is 0 Å². The molecular formula is C15H25N3O4. The molecule has 2 heterocycles. The summed E-state index contributed by atoms with van der Waals surface area (Å²) < 4.78 is 4.58. The van der Waals surface area contributed by atoms with E-state index in [9.17, 15) is 14.4 Å². The smallest absolute Gasteiger partial charge is 0.407 e. The maximum Gasteiger partial charge on any atom is 0.407 e. The second kappa shape index (κ2) is 6.98. The highest BCUT2D eigenvalue weighted by Gasteiger charge is 2.44. The zero-order valence-corrected chi connectivity index (χ0v) is 13.4. The quantitative estimate of drug-likeness (QED) is 0.806. The van der Waals surface area contributed by atoms with E-state index >= 15 is 0 Å². The van der Waals surface area contributed by atoms with Crippen LogP contribution >= 0.6 is 0 Å². The normalized spacial score (nSPS) is 28.1. The third-order valence-corrected chi connectivity index (χ3v) is 4.30. The Hall–Kier alpha value is -1.79. The van der Waals surface area contributed by atoms with Crippen LogP contribution in [0.4, 0.5) is 4.79 Å². The Kier molecular flexibility index (Phi) is 5.26. The maximum atomic E-state index is 12.8. The first-order valence-electron chi connectivity index (χ1n) is 7.91. The van der Waals surface area contributed by atoms with Crippen molar-refractivity contribution in [2.24, 2.45) is 0 Å². The number of nitrogens with zero attached hydrogens (tertiary/aromatic N) is 1. The van der Waals surface area contributed by atoms with Gasteiger partial charge in [-0.05, 0) is 46.0 Å². The highest BCUT2D eigenvalue weighted by Crippen LogP contribution is 2.31. The fourth-order valence-corrected chi connectivity index (χ4v) is 3.33. The summed E-state index contributed by atoms with van der Waals surface area (Å²) in [6.07, 6.45) is 3.21. The van der Waals surface area contributed by atoms with Gasteiger partial charge in [-0.2, -0.15) is 0 Å². The van der Waals surface area contributed by atoms with Crippen molar-refractivity contribution in [2.75, 3.05) is 7.11 Å². The molecule has 2 rings (SSSR count). The van der Waals surface area contributed by atoms with Crippen LogP contribution in [-0.4, -0.2) is 54.1 Å². The van der Waals surface area contributed by atoms with E-state index in [1.165, 1.54) is 7.11 Å². The number of rotatable bonds is 3. The molecule has 0 radical (unpaired) electrons. The summed E-state index contributed by atoms with van der Waals surface area (Å²) in [5.74, 6) is -0.279. The predicted octanol–water partition coefficient (Wildman–Crippen LogP) is 0.779. The molecule has 7 heteroatoms. The van der Waals surface area contributed by atoms with E-state index in [0.717, 1.165) is 19.3 Å². The van der Waals surface area contributed by atoms with Crippen LogP contribution in [-0.2, 0) is 14.3 Å². The van der Waals surface area contributed by atoms with Gasteiger partial charge in [0, 0.05) is 12.1 Å². The first-order chi connectivity index (χ1) is 10.4. The Morgan fingerprint density at radius 3 is 2.59 bits per heavy atom. The van der Waals surface area contributed by atoms with Crippen LogP contribution in [0.15, 0.2) is 0 Å². The Labute approximate surface area is 130 Å². The van der Waals surface area contributed by atoms with Gasteiger partial charge in [-0.25, -0.2) is 4.79 Å². The van der Waals surface area contributed by atoms with Crippen LogP contribution in [0, 0.1) is 0 Å². The van der Waals surface area contributed by atoms with Crippen LogP contribution in [0.1, 0.15) is 46.0 Å². The highest BCUT2D eigenvalue weighted by molar-refractivity contribution is 5.92. The van der Waals surface area contributed by atoms with E-state index in [0.29, 0.717) is 12.8 Å².